The lowest BCUT2D eigenvalue weighted by molar-refractivity contribution is -0.133. The Bertz CT molecular complexity index is 864. The Balaban J connectivity index is 1.42. The molecule has 6 nitrogen and oxygen atoms in total. The van der Waals surface area contributed by atoms with E-state index in [-0.39, 0.29) is 17.6 Å². The van der Waals surface area contributed by atoms with E-state index in [1.165, 1.54) is 12.1 Å². The molecule has 0 radical (unpaired) electrons. The molecule has 1 N–H and O–H groups in total. The van der Waals surface area contributed by atoms with Gasteiger partial charge in [0.05, 0.1) is 6.20 Å². The van der Waals surface area contributed by atoms with Crippen molar-refractivity contribution in [3.8, 4) is 0 Å². The number of hydrogen-bond acceptors (Lipinski definition) is 3. The summed E-state index contributed by atoms with van der Waals surface area (Å²) in [6, 6.07) is 4.34. The highest BCUT2D eigenvalue weighted by atomic mass is 19.1. The molecule has 1 aromatic heterocycles. The number of aryl methyl sites for hydroxylation is 3. The minimum atomic E-state index is -0.309. The second kappa shape index (κ2) is 9.67. The number of carbonyl (C=O) groups is 2. The van der Waals surface area contributed by atoms with Crippen LogP contribution in [0.25, 0.3) is 0 Å². The molecular weight excluding hydrogens is 371 g/mol. The van der Waals surface area contributed by atoms with Gasteiger partial charge in [-0.05, 0) is 67.9 Å². The van der Waals surface area contributed by atoms with Crippen LogP contribution in [0.1, 0.15) is 43.2 Å². The van der Waals surface area contributed by atoms with Gasteiger partial charge in [0.1, 0.15) is 5.82 Å². The summed E-state index contributed by atoms with van der Waals surface area (Å²) < 4.78 is 14.9. The first-order valence-electron chi connectivity index (χ1n) is 10.2. The Morgan fingerprint density at radius 2 is 2.14 bits per heavy atom. The number of aromatic nitrogens is 2. The number of amides is 2. The number of piperidine rings is 1. The molecule has 0 unspecified atom stereocenters. The highest BCUT2D eigenvalue weighted by Crippen LogP contribution is 2.23. The summed E-state index contributed by atoms with van der Waals surface area (Å²) in [5, 5.41) is 6.99. The number of rotatable bonds is 7. The third-order valence-corrected chi connectivity index (χ3v) is 5.50. The molecule has 2 heterocycles. The zero-order chi connectivity index (χ0) is 20.8. The predicted molar refractivity (Wildman–Crippen MR) is 110 cm³/mol. The minimum absolute atomic E-state index is 0.0697. The molecule has 29 heavy (non-hydrogen) atoms. The van der Waals surface area contributed by atoms with Crippen LogP contribution in [0.3, 0.4) is 0 Å². The Morgan fingerprint density at radius 1 is 1.31 bits per heavy atom. The van der Waals surface area contributed by atoms with Crippen LogP contribution in [0.15, 0.2) is 30.6 Å². The average Bonchev–Trinajstić information content (AvgIpc) is 3.12. The molecule has 1 atom stereocenters. The van der Waals surface area contributed by atoms with Gasteiger partial charge in [-0.15, -0.1) is 0 Å². The van der Waals surface area contributed by atoms with E-state index in [0.717, 1.165) is 31.4 Å². The van der Waals surface area contributed by atoms with Gasteiger partial charge >= 0.3 is 0 Å². The fourth-order valence-corrected chi connectivity index (χ4v) is 3.85. The highest BCUT2D eigenvalue weighted by Gasteiger charge is 2.24. The Kier molecular flexibility index (Phi) is 7.01. The first-order chi connectivity index (χ1) is 13.9. The zero-order valence-corrected chi connectivity index (χ0v) is 17.2. The van der Waals surface area contributed by atoms with Crippen molar-refractivity contribution in [1.29, 1.82) is 0 Å². The van der Waals surface area contributed by atoms with Gasteiger partial charge in [-0.2, -0.15) is 5.10 Å². The Labute approximate surface area is 171 Å². The van der Waals surface area contributed by atoms with Gasteiger partial charge in [-0.1, -0.05) is 0 Å². The molecule has 1 fully saturated rings. The van der Waals surface area contributed by atoms with E-state index in [1.54, 1.807) is 23.9 Å². The Hall–Kier alpha value is -2.70. The smallest absolute Gasteiger partial charge is 0.224 e. The number of halogens is 1. The second-order valence-corrected chi connectivity index (χ2v) is 7.92. The van der Waals surface area contributed by atoms with Crippen LogP contribution in [0.5, 0.6) is 0 Å². The first-order valence-corrected chi connectivity index (χ1v) is 10.2. The highest BCUT2D eigenvalue weighted by molar-refractivity contribution is 5.91. The molecule has 0 saturated carbocycles. The van der Waals surface area contributed by atoms with Crippen LogP contribution < -0.4 is 5.32 Å². The summed E-state index contributed by atoms with van der Waals surface area (Å²) >= 11 is 0. The summed E-state index contributed by atoms with van der Waals surface area (Å²) in [5.74, 6) is 0.131. The lowest BCUT2D eigenvalue weighted by atomic mass is 9.93. The molecule has 0 bridgehead atoms. The zero-order valence-electron chi connectivity index (χ0n) is 17.2. The number of nitrogens with zero attached hydrogens (tertiary/aromatic N) is 3. The van der Waals surface area contributed by atoms with E-state index < -0.39 is 0 Å². The summed E-state index contributed by atoms with van der Waals surface area (Å²) in [5.41, 5.74) is 2.43. The van der Waals surface area contributed by atoms with E-state index in [2.05, 4.69) is 10.4 Å². The van der Waals surface area contributed by atoms with Crippen molar-refractivity contribution >= 4 is 17.5 Å². The number of hydrogen-bond donors (Lipinski definition) is 1. The predicted octanol–water partition coefficient (Wildman–Crippen LogP) is 3.46. The Morgan fingerprint density at radius 3 is 2.86 bits per heavy atom. The first kappa shape index (κ1) is 21.0. The maximum Gasteiger partial charge on any atom is 0.224 e. The molecule has 1 aliphatic heterocycles. The second-order valence-electron chi connectivity index (χ2n) is 7.92. The van der Waals surface area contributed by atoms with Crippen molar-refractivity contribution in [3.05, 3.63) is 47.5 Å². The normalized spacial score (nSPS) is 16.7. The molecule has 7 heteroatoms. The fourth-order valence-electron chi connectivity index (χ4n) is 3.85. The van der Waals surface area contributed by atoms with E-state index in [0.29, 0.717) is 43.0 Å². The fraction of sp³-hybridized carbons (Fsp3) is 0.500. The standard InChI is InChI=1S/C22H29FN4O2/c1-16-12-19(23)7-8-20(16)25-21(28)9-5-17-4-3-11-27(15-17)22(29)10-6-18-13-24-26(2)14-18/h7-8,12-14,17H,3-6,9-11,15H2,1-2H3,(H,25,28)/t17-/m0/s1. The van der Waals surface area contributed by atoms with Crippen LogP contribution in [-0.4, -0.2) is 39.6 Å². The molecule has 0 spiro atoms. The minimum Gasteiger partial charge on any atom is -0.342 e. The number of likely N-dealkylation sites (tertiary alicyclic amines) is 1. The summed E-state index contributed by atoms with van der Waals surface area (Å²) in [6.45, 7) is 3.28. The molecule has 156 valence electrons. The third-order valence-electron chi connectivity index (χ3n) is 5.50. The van der Waals surface area contributed by atoms with Crippen LogP contribution in [0.2, 0.25) is 0 Å². The van der Waals surface area contributed by atoms with Gasteiger partial charge < -0.3 is 10.2 Å². The molecule has 1 aliphatic rings. The van der Waals surface area contributed by atoms with Gasteiger partial charge in [-0.3, -0.25) is 14.3 Å². The summed E-state index contributed by atoms with van der Waals surface area (Å²) in [4.78, 5) is 26.8. The van der Waals surface area contributed by atoms with Crippen molar-refractivity contribution in [2.45, 2.75) is 45.4 Å². The van der Waals surface area contributed by atoms with E-state index in [9.17, 15) is 14.0 Å². The number of carbonyl (C=O) groups excluding carboxylic acids is 2. The molecule has 3 rings (SSSR count). The van der Waals surface area contributed by atoms with Crippen LogP contribution >= 0.6 is 0 Å². The number of anilines is 1. The van der Waals surface area contributed by atoms with Gasteiger partial charge in [0.25, 0.3) is 0 Å². The molecule has 2 aromatic rings. The van der Waals surface area contributed by atoms with E-state index >= 15 is 0 Å². The van der Waals surface area contributed by atoms with Crippen molar-refractivity contribution in [2.24, 2.45) is 13.0 Å². The van der Waals surface area contributed by atoms with Gasteiger partial charge in [0, 0.05) is 44.9 Å². The van der Waals surface area contributed by atoms with Gasteiger partial charge in [0.15, 0.2) is 0 Å². The van der Waals surface area contributed by atoms with Crippen molar-refractivity contribution in [2.75, 3.05) is 18.4 Å². The van der Waals surface area contributed by atoms with Crippen molar-refractivity contribution in [3.63, 3.8) is 0 Å². The molecule has 1 saturated heterocycles. The maximum atomic E-state index is 13.2. The average molecular weight is 400 g/mol. The summed E-state index contributed by atoms with van der Waals surface area (Å²) in [7, 11) is 1.87. The number of benzene rings is 1. The number of nitrogens with one attached hydrogen (secondary N) is 1. The SMILES string of the molecule is Cc1cc(F)ccc1NC(=O)CC[C@@H]1CCCN(C(=O)CCc2cnn(C)c2)C1. The molecule has 2 amide bonds. The maximum absolute atomic E-state index is 13.2. The third kappa shape index (κ3) is 6.14. The van der Waals surface area contributed by atoms with Crippen molar-refractivity contribution < 1.29 is 14.0 Å². The van der Waals surface area contributed by atoms with Crippen LogP contribution in [0, 0.1) is 18.7 Å². The quantitative estimate of drug-likeness (QED) is 0.774. The van der Waals surface area contributed by atoms with E-state index in [1.807, 2.05) is 18.1 Å². The van der Waals surface area contributed by atoms with Crippen LogP contribution in [-0.2, 0) is 23.1 Å². The van der Waals surface area contributed by atoms with E-state index in [4.69, 9.17) is 0 Å². The monoisotopic (exact) mass is 400 g/mol. The van der Waals surface area contributed by atoms with Crippen molar-refractivity contribution in [1.82, 2.24) is 14.7 Å². The molecular formula is C22H29FN4O2. The lowest BCUT2D eigenvalue weighted by Crippen LogP contribution is -2.40. The van der Waals surface area contributed by atoms with Gasteiger partial charge in [-0.25, -0.2) is 4.39 Å². The molecule has 1 aromatic carbocycles. The molecule has 0 aliphatic carbocycles. The largest absolute Gasteiger partial charge is 0.342 e. The van der Waals surface area contributed by atoms with Crippen LogP contribution in [0.4, 0.5) is 10.1 Å². The topological polar surface area (TPSA) is 67.2 Å². The van der Waals surface area contributed by atoms with Gasteiger partial charge in [0.2, 0.25) is 11.8 Å². The lowest BCUT2D eigenvalue weighted by Gasteiger charge is -2.33. The summed E-state index contributed by atoms with van der Waals surface area (Å²) in [6.07, 6.45) is 8.09.